The highest BCUT2D eigenvalue weighted by Gasteiger charge is 2.15. The van der Waals surface area contributed by atoms with Gasteiger partial charge in [-0.2, -0.15) is 0 Å². The molecule has 100 valence electrons. The average molecular weight is 289 g/mol. The Morgan fingerprint density at radius 3 is 2.67 bits per heavy atom. The fourth-order valence-corrected chi connectivity index (χ4v) is 2.66. The quantitative estimate of drug-likeness (QED) is 0.875. The number of benzene rings is 1. The molecule has 0 spiro atoms. The van der Waals surface area contributed by atoms with Gasteiger partial charge in [-0.15, -0.1) is 0 Å². The number of nitrogens with one attached hydrogen (secondary N) is 1. The van der Waals surface area contributed by atoms with Crippen molar-refractivity contribution in [3.8, 4) is 0 Å². The van der Waals surface area contributed by atoms with E-state index in [1.165, 1.54) is 12.8 Å². The highest BCUT2D eigenvalue weighted by atomic mass is 35.5. The molecule has 0 aromatic heterocycles. The number of aliphatic hydroxyl groups is 1. The van der Waals surface area contributed by atoms with Crippen LogP contribution in [0.2, 0.25) is 10.0 Å². The average Bonchev–Trinajstić information content (AvgIpc) is 2.80. The molecule has 5 heteroatoms. The summed E-state index contributed by atoms with van der Waals surface area (Å²) in [5.74, 6) is 0. The van der Waals surface area contributed by atoms with Gasteiger partial charge in [-0.1, -0.05) is 23.2 Å². The topological polar surface area (TPSA) is 35.5 Å². The second kappa shape index (κ2) is 6.62. The summed E-state index contributed by atoms with van der Waals surface area (Å²) in [5, 5.41) is 14.3. The van der Waals surface area contributed by atoms with E-state index in [-0.39, 0.29) is 6.10 Å². The van der Waals surface area contributed by atoms with E-state index in [0.717, 1.165) is 25.3 Å². The first kappa shape index (κ1) is 13.9. The van der Waals surface area contributed by atoms with Crippen LogP contribution in [0.3, 0.4) is 0 Å². The lowest BCUT2D eigenvalue weighted by molar-refractivity contribution is 0.135. The van der Waals surface area contributed by atoms with Crippen molar-refractivity contribution in [2.45, 2.75) is 18.9 Å². The van der Waals surface area contributed by atoms with Crippen LogP contribution in [0.25, 0.3) is 0 Å². The van der Waals surface area contributed by atoms with Gasteiger partial charge in [0.2, 0.25) is 0 Å². The van der Waals surface area contributed by atoms with Crippen molar-refractivity contribution in [2.75, 3.05) is 31.5 Å². The third-order valence-corrected chi connectivity index (χ3v) is 3.67. The lowest BCUT2D eigenvalue weighted by Gasteiger charge is -2.20. The molecule has 1 saturated heterocycles. The van der Waals surface area contributed by atoms with Crippen molar-refractivity contribution in [3.05, 3.63) is 28.2 Å². The van der Waals surface area contributed by atoms with Crippen LogP contribution in [0.15, 0.2) is 18.2 Å². The lowest BCUT2D eigenvalue weighted by atomic mass is 10.3. The van der Waals surface area contributed by atoms with E-state index in [2.05, 4.69) is 10.2 Å². The minimum Gasteiger partial charge on any atom is -0.390 e. The molecule has 0 bridgehead atoms. The van der Waals surface area contributed by atoms with Crippen LogP contribution >= 0.6 is 23.2 Å². The molecule has 1 atom stereocenters. The maximum absolute atomic E-state index is 9.94. The summed E-state index contributed by atoms with van der Waals surface area (Å²) < 4.78 is 0. The van der Waals surface area contributed by atoms with Crippen molar-refractivity contribution in [1.29, 1.82) is 0 Å². The molecule has 0 amide bonds. The van der Waals surface area contributed by atoms with Crippen LogP contribution in [0, 0.1) is 0 Å². The fourth-order valence-electron chi connectivity index (χ4n) is 2.19. The molecule has 1 fully saturated rings. The Balaban J connectivity index is 1.79. The van der Waals surface area contributed by atoms with Crippen molar-refractivity contribution in [3.63, 3.8) is 0 Å². The van der Waals surface area contributed by atoms with Gasteiger partial charge in [0.1, 0.15) is 0 Å². The van der Waals surface area contributed by atoms with Gasteiger partial charge in [0.05, 0.1) is 16.8 Å². The van der Waals surface area contributed by atoms with E-state index >= 15 is 0 Å². The number of hydrogen-bond acceptors (Lipinski definition) is 3. The molecule has 1 aliphatic rings. The van der Waals surface area contributed by atoms with Gasteiger partial charge >= 0.3 is 0 Å². The zero-order chi connectivity index (χ0) is 13.0. The number of likely N-dealkylation sites (tertiary alicyclic amines) is 1. The van der Waals surface area contributed by atoms with E-state index in [0.29, 0.717) is 16.6 Å². The molecule has 0 aliphatic carbocycles. The van der Waals surface area contributed by atoms with Crippen LogP contribution in [0.1, 0.15) is 12.8 Å². The molecule has 18 heavy (non-hydrogen) atoms. The molecule has 2 N–H and O–H groups in total. The zero-order valence-electron chi connectivity index (χ0n) is 10.2. The van der Waals surface area contributed by atoms with Crippen LogP contribution in [-0.4, -0.2) is 42.3 Å². The monoisotopic (exact) mass is 288 g/mol. The Hall–Kier alpha value is -0.480. The molecular weight excluding hydrogens is 271 g/mol. The van der Waals surface area contributed by atoms with Crippen molar-refractivity contribution in [2.24, 2.45) is 0 Å². The largest absolute Gasteiger partial charge is 0.390 e. The van der Waals surface area contributed by atoms with Gasteiger partial charge in [0.15, 0.2) is 0 Å². The van der Waals surface area contributed by atoms with E-state index in [1.54, 1.807) is 12.1 Å². The number of aliphatic hydroxyl groups excluding tert-OH is 1. The molecule has 0 saturated carbocycles. The minimum atomic E-state index is -0.380. The van der Waals surface area contributed by atoms with Crippen LogP contribution in [-0.2, 0) is 0 Å². The predicted molar refractivity (Wildman–Crippen MR) is 76.6 cm³/mol. The second-order valence-corrected chi connectivity index (χ2v) is 5.51. The molecule has 0 radical (unpaired) electrons. The first-order chi connectivity index (χ1) is 8.65. The first-order valence-electron chi connectivity index (χ1n) is 6.24. The third kappa shape index (κ3) is 4.02. The van der Waals surface area contributed by atoms with Gasteiger partial charge in [0.25, 0.3) is 0 Å². The van der Waals surface area contributed by atoms with Gasteiger partial charge < -0.3 is 15.3 Å². The Morgan fingerprint density at radius 1 is 1.28 bits per heavy atom. The van der Waals surface area contributed by atoms with E-state index in [4.69, 9.17) is 23.2 Å². The van der Waals surface area contributed by atoms with E-state index in [1.807, 2.05) is 6.07 Å². The van der Waals surface area contributed by atoms with E-state index in [9.17, 15) is 5.11 Å². The number of halogens is 2. The van der Waals surface area contributed by atoms with Gasteiger partial charge in [-0.3, -0.25) is 0 Å². The maximum atomic E-state index is 9.94. The SMILES string of the molecule is OC(CNc1ccc(Cl)cc1Cl)CN1CCCC1. The van der Waals surface area contributed by atoms with Gasteiger partial charge in [-0.25, -0.2) is 0 Å². The van der Waals surface area contributed by atoms with Gasteiger partial charge in [-0.05, 0) is 44.1 Å². The summed E-state index contributed by atoms with van der Waals surface area (Å²) in [6.07, 6.45) is 2.10. The number of hydrogen-bond donors (Lipinski definition) is 2. The summed E-state index contributed by atoms with van der Waals surface area (Å²) in [6, 6.07) is 5.30. The minimum absolute atomic E-state index is 0.380. The zero-order valence-corrected chi connectivity index (χ0v) is 11.7. The third-order valence-electron chi connectivity index (χ3n) is 3.13. The number of nitrogens with zero attached hydrogens (tertiary/aromatic N) is 1. The number of β-amino-alcohol motifs (C(OH)–C–C–N with tert-alkyl or cyclic N) is 1. The molecule has 1 aromatic carbocycles. The molecule has 2 rings (SSSR count). The summed E-state index contributed by atoms with van der Waals surface area (Å²) in [5.41, 5.74) is 0.807. The summed E-state index contributed by atoms with van der Waals surface area (Å²) in [6.45, 7) is 3.41. The smallest absolute Gasteiger partial charge is 0.0839 e. The van der Waals surface area contributed by atoms with Crippen LogP contribution in [0.5, 0.6) is 0 Å². The Labute approximate surface area is 118 Å². The predicted octanol–water partition coefficient (Wildman–Crippen LogP) is 2.86. The molecule has 1 heterocycles. The summed E-state index contributed by atoms with van der Waals surface area (Å²) >= 11 is 11.9. The molecule has 1 unspecified atom stereocenters. The molecule has 1 aliphatic heterocycles. The number of rotatable bonds is 5. The lowest BCUT2D eigenvalue weighted by Crippen LogP contribution is -2.34. The van der Waals surface area contributed by atoms with Gasteiger partial charge in [0, 0.05) is 18.1 Å². The Bertz CT molecular complexity index is 395. The molecular formula is C13H18Cl2N2O. The van der Waals surface area contributed by atoms with Crippen molar-refractivity contribution >= 4 is 28.9 Å². The second-order valence-electron chi connectivity index (χ2n) is 4.67. The maximum Gasteiger partial charge on any atom is 0.0839 e. The van der Waals surface area contributed by atoms with Crippen molar-refractivity contribution < 1.29 is 5.11 Å². The molecule has 1 aromatic rings. The van der Waals surface area contributed by atoms with E-state index < -0.39 is 0 Å². The number of anilines is 1. The first-order valence-corrected chi connectivity index (χ1v) is 7.00. The highest BCUT2D eigenvalue weighted by molar-refractivity contribution is 6.36. The summed E-state index contributed by atoms with van der Waals surface area (Å²) in [4.78, 5) is 2.29. The fraction of sp³-hybridized carbons (Fsp3) is 0.538. The van der Waals surface area contributed by atoms with Crippen LogP contribution in [0.4, 0.5) is 5.69 Å². The summed E-state index contributed by atoms with van der Waals surface area (Å²) in [7, 11) is 0. The highest BCUT2D eigenvalue weighted by Crippen LogP contribution is 2.25. The Kier molecular flexibility index (Phi) is 5.13. The van der Waals surface area contributed by atoms with Crippen LogP contribution < -0.4 is 5.32 Å². The standard InChI is InChI=1S/C13H18Cl2N2O/c14-10-3-4-13(12(15)7-10)16-8-11(18)9-17-5-1-2-6-17/h3-4,7,11,16,18H,1-2,5-6,8-9H2. The Morgan fingerprint density at radius 2 is 2.00 bits per heavy atom. The normalized spacial score (nSPS) is 17.9. The molecule has 3 nitrogen and oxygen atoms in total. The van der Waals surface area contributed by atoms with Crippen molar-refractivity contribution in [1.82, 2.24) is 4.90 Å².